The summed E-state index contributed by atoms with van der Waals surface area (Å²) in [4.78, 5) is 0. The number of anilines is 1. The van der Waals surface area contributed by atoms with Gasteiger partial charge in [-0.15, -0.1) is 0 Å². The number of benzene rings is 1. The van der Waals surface area contributed by atoms with Gasteiger partial charge < -0.3 is 5.32 Å². The minimum atomic E-state index is 0.657. The molecule has 0 bridgehead atoms. The second-order valence-corrected chi connectivity index (χ2v) is 4.85. The van der Waals surface area contributed by atoms with Crippen LogP contribution in [0.1, 0.15) is 5.56 Å². The average molecular weight is 214 g/mol. The highest BCUT2D eigenvalue weighted by molar-refractivity contribution is 8.00. The van der Waals surface area contributed by atoms with Crippen LogP contribution in [0.5, 0.6) is 0 Å². The Labute approximate surface area is 87.9 Å². The molecule has 0 amide bonds. The number of nitrogens with one attached hydrogen (secondary N) is 1. The van der Waals surface area contributed by atoms with Crippen LogP contribution in [0.3, 0.4) is 0 Å². The molecule has 0 saturated carbocycles. The first kappa shape index (κ1) is 9.22. The molecule has 1 N–H and O–H groups in total. The summed E-state index contributed by atoms with van der Waals surface area (Å²) < 4.78 is 0. The van der Waals surface area contributed by atoms with Crippen molar-refractivity contribution in [2.24, 2.45) is 0 Å². The normalized spacial score (nSPS) is 16.8. The van der Waals surface area contributed by atoms with Crippen LogP contribution in [-0.2, 0) is 0 Å². The van der Waals surface area contributed by atoms with E-state index < -0.39 is 0 Å². The SMILES string of the molecule is Cc1cc(Cl)ccc1NC1CSC1. The van der Waals surface area contributed by atoms with Crippen molar-refractivity contribution in [3.8, 4) is 0 Å². The molecule has 0 unspecified atom stereocenters. The van der Waals surface area contributed by atoms with E-state index in [1.807, 2.05) is 23.9 Å². The van der Waals surface area contributed by atoms with Crippen LogP contribution in [0.4, 0.5) is 5.69 Å². The zero-order chi connectivity index (χ0) is 9.26. The fourth-order valence-corrected chi connectivity index (χ4v) is 2.19. The lowest BCUT2D eigenvalue weighted by Crippen LogP contribution is -2.33. The molecule has 1 aliphatic rings. The van der Waals surface area contributed by atoms with E-state index in [0.717, 1.165) is 5.02 Å². The van der Waals surface area contributed by atoms with Gasteiger partial charge in [0, 0.05) is 28.3 Å². The third-order valence-corrected chi connectivity index (χ3v) is 3.70. The maximum absolute atomic E-state index is 5.87. The minimum Gasteiger partial charge on any atom is -0.380 e. The van der Waals surface area contributed by atoms with Crippen molar-refractivity contribution < 1.29 is 0 Å². The number of hydrogen-bond acceptors (Lipinski definition) is 2. The van der Waals surface area contributed by atoms with Crippen LogP contribution < -0.4 is 5.32 Å². The summed E-state index contributed by atoms with van der Waals surface area (Å²) in [5, 5.41) is 4.31. The van der Waals surface area contributed by atoms with Crippen LogP contribution in [-0.4, -0.2) is 17.5 Å². The van der Waals surface area contributed by atoms with E-state index in [-0.39, 0.29) is 0 Å². The summed E-state index contributed by atoms with van der Waals surface area (Å²) in [6.45, 7) is 2.08. The molecule has 0 aromatic heterocycles. The first-order valence-corrected chi connectivity index (χ1v) is 5.89. The van der Waals surface area contributed by atoms with Crippen molar-refractivity contribution >= 4 is 29.1 Å². The summed E-state index contributed by atoms with van der Waals surface area (Å²) in [5.74, 6) is 2.45. The number of aryl methyl sites for hydroxylation is 1. The van der Waals surface area contributed by atoms with Gasteiger partial charge in [-0.1, -0.05) is 11.6 Å². The van der Waals surface area contributed by atoms with Gasteiger partial charge in [0.05, 0.1) is 0 Å². The van der Waals surface area contributed by atoms with Crippen LogP contribution in [0, 0.1) is 6.92 Å². The Morgan fingerprint density at radius 3 is 2.77 bits per heavy atom. The summed E-state index contributed by atoms with van der Waals surface area (Å²) in [5.41, 5.74) is 2.44. The number of hydrogen-bond donors (Lipinski definition) is 1. The topological polar surface area (TPSA) is 12.0 Å². The number of thioether (sulfide) groups is 1. The summed E-state index contributed by atoms with van der Waals surface area (Å²) in [6, 6.07) is 6.64. The Balaban J connectivity index is 2.10. The molecule has 0 atom stereocenters. The lowest BCUT2D eigenvalue weighted by Gasteiger charge is -2.27. The highest BCUT2D eigenvalue weighted by atomic mass is 35.5. The molecule has 3 heteroatoms. The lowest BCUT2D eigenvalue weighted by atomic mass is 10.2. The van der Waals surface area contributed by atoms with Gasteiger partial charge in [-0.05, 0) is 30.7 Å². The Kier molecular flexibility index (Phi) is 2.70. The van der Waals surface area contributed by atoms with E-state index >= 15 is 0 Å². The molecule has 1 aromatic rings. The van der Waals surface area contributed by atoms with E-state index in [2.05, 4.69) is 18.3 Å². The van der Waals surface area contributed by atoms with Crippen LogP contribution in [0.25, 0.3) is 0 Å². The monoisotopic (exact) mass is 213 g/mol. The molecule has 0 radical (unpaired) electrons. The molecule has 70 valence electrons. The van der Waals surface area contributed by atoms with Gasteiger partial charge in [0.1, 0.15) is 0 Å². The molecule has 13 heavy (non-hydrogen) atoms. The molecule has 0 spiro atoms. The van der Waals surface area contributed by atoms with Crippen LogP contribution in [0.15, 0.2) is 18.2 Å². The first-order chi connectivity index (χ1) is 6.25. The van der Waals surface area contributed by atoms with E-state index in [4.69, 9.17) is 11.6 Å². The Bertz CT molecular complexity index is 310. The fraction of sp³-hybridized carbons (Fsp3) is 0.400. The molecule has 1 nitrogen and oxygen atoms in total. The fourth-order valence-electron chi connectivity index (χ4n) is 1.33. The van der Waals surface area contributed by atoms with Crippen molar-refractivity contribution in [3.63, 3.8) is 0 Å². The Morgan fingerprint density at radius 2 is 2.23 bits per heavy atom. The lowest BCUT2D eigenvalue weighted by molar-refractivity contribution is 0.880. The second-order valence-electron chi connectivity index (χ2n) is 3.34. The van der Waals surface area contributed by atoms with Crippen molar-refractivity contribution in [2.45, 2.75) is 13.0 Å². The Morgan fingerprint density at radius 1 is 1.46 bits per heavy atom. The van der Waals surface area contributed by atoms with Gasteiger partial charge in [-0.3, -0.25) is 0 Å². The average Bonchev–Trinajstić information content (AvgIpc) is 1.99. The molecule has 0 aliphatic carbocycles. The number of rotatable bonds is 2. The van der Waals surface area contributed by atoms with E-state index in [9.17, 15) is 0 Å². The highest BCUT2D eigenvalue weighted by Crippen LogP contribution is 2.25. The summed E-state index contributed by atoms with van der Waals surface area (Å²) >= 11 is 7.85. The minimum absolute atomic E-state index is 0.657. The quantitative estimate of drug-likeness (QED) is 0.810. The van der Waals surface area contributed by atoms with Crippen molar-refractivity contribution in [1.29, 1.82) is 0 Å². The smallest absolute Gasteiger partial charge is 0.0442 e. The molecule has 1 heterocycles. The van der Waals surface area contributed by atoms with Gasteiger partial charge in [-0.2, -0.15) is 11.8 Å². The summed E-state index contributed by atoms with van der Waals surface area (Å²) in [6.07, 6.45) is 0. The molecule has 1 aromatic carbocycles. The second kappa shape index (κ2) is 3.81. The number of halogens is 1. The Hall–Kier alpha value is -0.340. The third kappa shape index (κ3) is 2.12. The highest BCUT2D eigenvalue weighted by Gasteiger charge is 2.17. The predicted octanol–water partition coefficient (Wildman–Crippen LogP) is 3.18. The van der Waals surface area contributed by atoms with Crippen molar-refractivity contribution in [2.75, 3.05) is 16.8 Å². The first-order valence-electron chi connectivity index (χ1n) is 4.36. The van der Waals surface area contributed by atoms with Crippen molar-refractivity contribution in [1.82, 2.24) is 0 Å². The molecule has 1 fully saturated rings. The van der Waals surface area contributed by atoms with Gasteiger partial charge >= 0.3 is 0 Å². The molecular formula is C10H12ClNS. The van der Waals surface area contributed by atoms with E-state index in [1.54, 1.807) is 0 Å². The van der Waals surface area contributed by atoms with Gasteiger partial charge in [0.25, 0.3) is 0 Å². The van der Waals surface area contributed by atoms with Gasteiger partial charge in [0.15, 0.2) is 0 Å². The largest absolute Gasteiger partial charge is 0.380 e. The van der Waals surface area contributed by atoms with Gasteiger partial charge in [-0.25, -0.2) is 0 Å². The molecular weight excluding hydrogens is 202 g/mol. The molecule has 1 aliphatic heterocycles. The van der Waals surface area contributed by atoms with Crippen LogP contribution in [0.2, 0.25) is 5.02 Å². The van der Waals surface area contributed by atoms with Crippen molar-refractivity contribution in [3.05, 3.63) is 28.8 Å². The van der Waals surface area contributed by atoms with E-state index in [1.165, 1.54) is 22.8 Å². The third-order valence-electron chi connectivity index (χ3n) is 2.19. The zero-order valence-corrected chi connectivity index (χ0v) is 9.08. The van der Waals surface area contributed by atoms with Crippen LogP contribution >= 0.6 is 23.4 Å². The summed E-state index contributed by atoms with van der Waals surface area (Å²) in [7, 11) is 0. The maximum atomic E-state index is 5.87. The van der Waals surface area contributed by atoms with E-state index in [0.29, 0.717) is 6.04 Å². The van der Waals surface area contributed by atoms with Gasteiger partial charge in [0.2, 0.25) is 0 Å². The zero-order valence-electron chi connectivity index (χ0n) is 7.51. The molecule has 1 saturated heterocycles. The maximum Gasteiger partial charge on any atom is 0.0442 e. The molecule has 2 rings (SSSR count). The predicted molar refractivity (Wildman–Crippen MR) is 60.9 cm³/mol. The standard InChI is InChI=1S/C10H12ClNS/c1-7-4-8(11)2-3-10(7)12-9-5-13-6-9/h2-4,9,12H,5-6H2,1H3.